The van der Waals surface area contributed by atoms with Crippen molar-refractivity contribution < 1.29 is 27.6 Å². The van der Waals surface area contributed by atoms with E-state index in [4.69, 9.17) is 0 Å². The number of hydrogen-bond acceptors (Lipinski definition) is 3. The monoisotopic (exact) mass is 329 g/mol. The molecule has 1 aliphatic rings. The number of carbonyl (C=O) groups excluding carboxylic acids is 3. The van der Waals surface area contributed by atoms with E-state index in [2.05, 4.69) is 5.32 Å². The number of imide groups is 1. The van der Waals surface area contributed by atoms with Gasteiger partial charge in [-0.1, -0.05) is 30.3 Å². The van der Waals surface area contributed by atoms with Crippen LogP contribution in [0.1, 0.15) is 12.5 Å². The van der Waals surface area contributed by atoms with E-state index in [1.54, 1.807) is 35.6 Å². The molecule has 1 fully saturated rings. The highest BCUT2D eigenvalue weighted by Gasteiger charge is 2.49. The van der Waals surface area contributed by atoms with Crippen LogP contribution in [0.4, 0.5) is 18.0 Å². The first-order chi connectivity index (χ1) is 10.6. The molecule has 1 heterocycles. The van der Waals surface area contributed by atoms with Crippen molar-refractivity contribution in [2.75, 3.05) is 13.1 Å². The molecule has 2 N–H and O–H groups in total. The number of alkyl halides is 3. The second-order valence-electron chi connectivity index (χ2n) is 5.20. The smallest absolute Gasteiger partial charge is 0.345 e. The number of urea groups is 1. The standard InChI is InChI=1S/C14H14F3N3O3/c1-13(9-5-3-2-4-6-9)11(22)20(12(23)19-13)7-10(21)18-8-14(15,16)17/h2-6H,7-8H2,1H3,(H,18,21)(H,19,23). The zero-order valence-electron chi connectivity index (χ0n) is 12.1. The quantitative estimate of drug-likeness (QED) is 0.813. The fourth-order valence-electron chi connectivity index (χ4n) is 2.21. The molecule has 1 aliphatic heterocycles. The third-order valence-corrected chi connectivity index (χ3v) is 3.41. The summed E-state index contributed by atoms with van der Waals surface area (Å²) in [7, 11) is 0. The first-order valence-corrected chi connectivity index (χ1v) is 6.66. The summed E-state index contributed by atoms with van der Waals surface area (Å²) in [5.41, 5.74) is -0.848. The predicted octanol–water partition coefficient (Wildman–Crippen LogP) is 1.13. The lowest BCUT2D eigenvalue weighted by atomic mass is 9.92. The van der Waals surface area contributed by atoms with Crippen LogP contribution in [0.3, 0.4) is 0 Å². The van der Waals surface area contributed by atoms with E-state index in [1.807, 2.05) is 0 Å². The van der Waals surface area contributed by atoms with Gasteiger partial charge in [-0.25, -0.2) is 4.79 Å². The Kier molecular flexibility index (Phi) is 4.31. The topological polar surface area (TPSA) is 78.5 Å². The molecule has 1 saturated heterocycles. The number of benzene rings is 1. The summed E-state index contributed by atoms with van der Waals surface area (Å²) in [6, 6.07) is 7.52. The molecule has 0 radical (unpaired) electrons. The molecule has 6 nitrogen and oxygen atoms in total. The molecular weight excluding hydrogens is 315 g/mol. The Morgan fingerprint density at radius 1 is 1.26 bits per heavy atom. The lowest BCUT2D eigenvalue weighted by Gasteiger charge is -2.22. The predicted molar refractivity (Wildman–Crippen MR) is 73.1 cm³/mol. The van der Waals surface area contributed by atoms with Gasteiger partial charge in [-0.15, -0.1) is 0 Å². The first kappa shape index (κ1) is 16.8. The van der Waals surface area contributed by atoms with Crippen molar-refractivity contribution in [3.8, 4) is 0 Å². The maximum atomic E-state index is 12.4. The van der Waals surface area contributed by atoms with Gasteiger partial charge in [0.25, 0.3) is 5.91 Å². The molecule has 1 atom stereocenters. The van der Waals surface area contributed by atoms with Crippen LogP contribution in [0.25, 0.3) is 0 Å². The van der Waals surface area contributed by atoms with Crippen LogP contribution in [0.2, 0.25) is 0 Å². The number of nitrogens with zero attached hydrogens (tertiary/aromatic N) is 1. The summed E-state index contributed by atoms with van der Waals surface area (Å²) in [6.07, 6.45) is -4.56. The molecule has 23 heavy (non-hydrogen) atoms. The fourth-order valence-corrected chi connectivity index (χ4v) is 2.21. The third-order valence-electron chi connectivity index (χ3n) is 3.41. The number of hydrogen-bond donors (Lipinski definition) is 2. The molecule has 2 rings (SSSR count). The van der Waals surface area contributed by atoms with Crippen LogP contribution in [-0.4, -0.2) is 42.0 Å². The molecule has 1 aromatic rings. The van der Waals surface area contributed by atoms with Gasteiger partial charge >= 0.3 is 12.2 Å². The van der Waals surface area contributed by atoms with Crippen molar-refractivity contribution in [1.29, 1.82) is 0 Å². The second kappa shape index (κ2) is 5.90. The van der Waals surface area contributed by atoms with Crippen LogP contribution >= 0.6 is 0 Å². The zero-order valence-corrected chi connectivity index (χ0v) is 12.1. The maximum Gasteiger partial charge on any atom is 0.405 e. The van der Waals surface area contributed by atoms with Gasteiger partial charge in [0.1, 0.15) is 18.6 Å². The van der Waals surface area contributed by atoms with E-state index in [1.165, 1.54) is 6.92 Å². The minimum Gasteiger partial charge on any atom is -0.345 e. The SMILES string of the molecule is CC1(c2ccccc2)NC(=O)N(CC(=O)NCC(F)(F)F)C1=O. The summed E-state index contributed by atoms with van der Waals surface area (Å²) in [4.78, 5) is 36.4. The van der Waals surface area contributed by atoms with Gasteiger partial charge in [-0.2, -0.15) is 13.2 Å². The molecule has 0 aliphatic carbocycles. The molecule has 0 aromatic heterocycles. The van der Waals surface area contributed by atoms with Crippen molar-refractivity contribution in [1.82, 2.24) is 15.5 Å². The molecule has 9 heteroatoms. The Hall–Kier alpha value is -2.58. The zero-order chi connectivity index (χ0) is 17.3. The molecule has 0 saturated carbocycles. The molecular formula is C14H14F3N3O3. The van der Waals surface area contributed by atoms with E-state index in [9.17, 15) is 27.6 Å². The van der Waals surface area contributed by atoms with Gasteiger partial charge in [0.2, 0.25) is 5.91 Å². The lowest BCUT2D eigenvalue weighted by molar-refractivity contribution is -0.141. The minimum absolute atomic E-state index is 0.511. The van der Waals surface area contributed by atoms with Gasteiger partial charge in [-0.05, 0) is 12.5 Å². The van der Waals surface area contributed by atoms with E-state index < -0.39 is 42.7 Å². The Labute approximate surface area is 129 Å². The summed E-state index contributed by atoms with van der Waals surface area (Å²) in [6.45, 7) is -0.829. The van der Waals surface area contributed by atoms with E-state index in [0.717, 1.165) is 0 Å². The molecule has 1 unspecified atom stereocenters. The lowest BCUT2D eigenvalue weighted by Crippen LogP contribution is -2.44. The Bertz CT molecular complexity index is 633. The van der Waals surface area contributed by atoms with E-state index in [-0.39, 0.29) is 0 Å². The summed E-state index contributed by atoms with van der Waals surface area (Å²) >= 11 is 0. The van der Waals surface area contributed by atoms with Crippen molar-refractivity contribution in [2.24, 2.45) is 0 Å². The van der Waals surface area contributed by atoms with Gasteiger partial charge in [0.15, 0.2) is 0 Å². The van der Waals surface area contributed by atoms with Crippen molar-refractivity contribution in [3.05, 3.63) is 35.9 Å². The van der Waals surface area contributed by atoms with Crippen molar-refractivity contribution in [2.45, 2.75) is 18.6 Å². The Balaban J connectivity index is 2.09. The van der Waals surface area contributed by atoms with Crippen LogP contribution in [0.15, 0.2) is 30.3 Å². The second-order valence-corrected chi connectivity index (χ2v) is 5.20. The van der Waals surface area contributed by atoms with E-state index >= 15 is 0 Å². The number of carbonyl (C=O) groups is 3. The highest BCUT2D eigenvalue weighted by molar-refractivity contribution is 6.09. The third kappa shape index (κ3) is 3.61. The summed E-state index contributed by atoms with van der Waals surface area (Å²) in [5, 5.41) is 4.08. The normalized spacial score (nSPS) is 21.3. The van der Waals surface area contributed by atoms with Crippen LogP contribution in [-0.2, 0) is 15.1 Å². The van der Waals surface area contributed by atoms with Crippen LogP contribution in [0.5, 0.6) is 0 Å². The van der Waals surface area contributed by atoms with Gasteiger partial charge < -0.3 is 10.6 Å². The molecule has 4 amide bonds. The minimum atomic E-state index is -4.56. The molecule has 0 bridgehead atoms. The van der Waals surface area contributed by atoms with E-state index in [0.29, 0.717) is 10.5 Å². The number of nitrogens with one attached hydrogen (secondary N) is 2. The Morgan fingerprint density at radius 2 is 1.87 bits per heavy atom. The first-order valence-electron chi connectivity index (χ1n) is 6.66. The maximum absolute atomic E-state index is 12.4. The molecule has 0 spiro atoms. The summed E-state index contributed by atoms with van der Waals surface area (Å²) < 4.78 is 36.2. The highest BCUT2D eigenvalue weighted by Crippen LogP contribution is 2.28. The van der Waals surface area contributed by atoms with Crippen molar-refractivity contribution >= 4 is 17.8 Å². The van der Waals surface area contributed by atoms with Gasteiger partial charge in [0, 0.05) is 0 Å². The van der Waals surface area contributed by atoms with Crippen molar-refractivity contribution in [3.63, 3.8) is 0 Å². The summed E-state index contributed by atoms with van der Waals surface area (Å²) in [5.74, 6) is -1.76. The average molecular weight is 329 g/mol. The van der Waals surface area contributed by atoms with Gasteiger partial charge in [-0.3, -0.25) is 14.5 Å². The average Bonchev–Trinajstić information content (AvgIpc) is 2.70. The van der Waals surface area contributed by atoms with Crippen LogP contribution in [0, 0.1) is 0 Å². The largest absolute Gasteiger partial charge is 0.405 e. The molecule has 1 aromatic carbocycles. The number of rotatable bonds is 4. The van der Waals surface area contributed by atoms with Crippen LogP contribution < -0.4 is 10.6 Å². The fraction of sp³-hybridized carbons (Fsp3) is 0.357. The highest BCUT2D eigenvalue weighted by atomic mass is 19.4. The Morgan fingerprint density at radius 3 is 2.43 bits per heavy atom. The van der Waals surface area contributed by atoms with Gasteiger partial charge in [0.05, 0.1) is 0 Å². The number of amides is 4. The molecule has 124 valence electrons. The number of halogens is 3.